The molecular weight excluding hydrogens is 226 g/mol. The topological polar surface area (TPSA) is 75.1 Å². The van der Waals surface area contributed by atoms with Gasteiger partial charge in [-0.3, -0.25) is 0 Å². The molecule has 6 heteroatoms. The monoisotopic (exact) mass is 237 g/mol. The van der Waals surface area contributed by atoms with Gasteiger partial charge in [-0.25, -0.2) is 14.8 Å². The molecule has 0 saturated heterocycles. The van der Waals surface area contributed by atoms with Crippen molar-refractivity contribution in [2.45, 2.75) is 19.9 Å². The molecule has 0 aliphatic heterocycles. The van der Waals surface area contributed by atoms with E-state index in [-0.39, 0.29) is 5.69 Å². The van der Waals surface area contributed by atoms with Crippen molar-refractivity contribution in [2.75, 3.05) is 5.32 Å². The number of aromatic nitrogens is 2. The summed E-state index contributed by atoms with van der Waals surface area (Å²) < 4.78 is 0. The lowest BCUT2D eigenvalue weighted by atomic mass is 10.3. The average Bonchev–Trinajstić information content (AvgIpc) is 2.56. The van der Waals surface area contributed by atoms with Gasteiger partial charge in [-0.2, -0.15) is 0 Å². The zero-order valence-corrected chi connectivity index (χ0v) is 9.71. The van der Waals surface area contributed by atoms with E-state index < -0.39 is 5.97 Å². The number of fused-ring (bicyclic) bond motifs is 1. The van der Waals surface area contributed by atoms with E-state index in [0.29, 0.717) is 10.9 Å². The molecule has 0 saturated carbocycles. The predicted molar refractivity (Wildman–Crippen MR) is 63.1 cm³/mol. The quantitative estimate of drug-likeness (QED) is 0.856. The number of carbonyl (C=O) groups is 1. The molecule has 0 aromatic carbocycles. The lowest BCUT2D eigenvalue weighted by Gasteiger charge is -2.03. The van der Waals surface area contributed by atoms with Crippen LogP contribution in [0.4, 0.5) is 5.13 Å². The van der Waals surface area contributed by atoms with Crippen LogP contribution in [0.2, 0.25) is 0 Å². The van der Waals surface area contributed by atoms with Gasteiger partial charge < -0.3 is 10.4 Å². The van der Waals surface area contributed by atoms with Crippen molar-refractivity contribution in [1.29, 1.82) is 0 Å². The van der Waals surface area contributed by atoms with Crippen molar-refractivity contribution in [3.8, 4) is 0 Å². The van der Waals surface area contributed by atoms with Gasteiger partial charge in [-0.05, 0) is 26.0 Å². The van der Waals surface area contributed by atoms with Crippen LogP contribution in [0.15, 0.2) is 12.1 Å². The summed E-state index contributed by atoms with van der Waals surface area (Å²) in [6.45, 7) is 4.03. The number of carboxylic acid groups (broad SMARTS) is 1. The predicted octanol–water partition coefficient (Wildman–Crippen LogP) is 2.21. The summed E-state index contributed by atoms with van der Waals surface area (Å²) in [6.07, 6.45) is 0. The first-order valence-corrected chi connectivity index (χ1v) is 5.65. The highest BCUT2D eigenvalue weighted by Crippen LogP contribution is 2.24. The maximum Gasteiger partial charge on any atom is 0.354 e. The van der Waals surface area contributed by atoms with Gasteiger partial charge in [0.25, 0.3) is 0 Å². The standard InChI is InChI=1S/C10H11N3O2S/c1-5(2)11-10-13-6-3-4-7(9(14)15)12-8(6)16-10/h3-5H,1-2H3,(H,11,13)(H,14,15). The molecule has 0 fully saturated rings. The highest BCUT2D eigenvalue weighted by molar-refractivity contribution is 7.21. The first-order valence-electron chi connectivity index (χ1n) is 4.83. The number of nitrogens with one attached hydrogen (secondary N) is 1. The van der Waals surface area contributed by atoms with Gasteiger partial charge in [0.2, 0.25) is 0 Å². The molecule has 2 rings (SSSR count). The number of rotatable bonds is 3. The Morgan fingerprint density at radius 2 is 2.19 bits per heavy atom. The largest absolute Gasteiger partial charge is 0.477 e. The van der Waals surface area contributed by atoms with E-state index in [2.05, 4.69) is 15.3 Å². The SMILES string of the molecule is CC(C)Nc1nc2ccc(C(=O)O)nc2s1. The second kappa shape index (κ2) is 4.05. The number of thiazole rings is 1. The van der Waals surface area contributed by atoms with Gasteiger partial charge in [-0.1, -0.05) is 11.3 Å². The number of carboxylic acids is 1. The van der Waals surface area contributed by atoms with Crippen LogP contribution in [0.5, 0.6) is 0 Å². The second-order valence-corrected chi connectivity index (χ2v) is 4.62. The van der Waals surface area contributed by atoms with Crippen LogP contribution in [0.25, 0.3) is 10.3 Å². The number of anilines is 1. The third kappa shape index (κ3) is 2.11. The summed E-state index contributed by atoms with van der Waals surface area (Å²) in [4.78, 5) is 19.7. The van der Waals surface area contributed by atoms with Crippen molar-refractivity contribution >= 4 is 32.8 Å². The third-order valence-corrected chi connectivity index (χ3v) is 2.78. The van der Waals surface area contributed by atoms with Crippen molar-refractivity contribution in [2.24, 2.45) is 0 Å². The van der Waals surface area contributed by atoms with Crippen LogP contribution < -0.4 is 5.32 Å². The fourth-order valence-electron chi connectivity index (χ4n) is 1.24. The summed E-state index contributed by atoms with van der Waals surface area (Å²) in [5.74, 6) is -1.02. The van der Waals surface area contributed by atoms with E-state index in [1.165, 1.54) is 17.4 Å². The van der Waals surface area contributed by atoms with Gasteiger partial charge in [0.05, 0.1) is 0 Å². The van der Waals surface area contributed by atoms with Crippen molar-refractivity contribution in [1.82, 2.24) is 9.97 Å². The minimum absolute atomic E-state index is 0.0484. The van der Waals surface area contributed by atoms with Gasteiger partial charge >= 0.3 is 5.97 Å². The first-order chi connectivity index (χ1) is 7.56. The minimum Gasteiger partial charge on any atom is -0.477 e. The Morgan fingerprint density at radius 1 is 1.44 bits per heavy atom. The zero-order chi connectivity index (χ0) is 11.7. The average molecular weight is 237 g/mol. The van der Waals surface area contributed by atoms with Crippen molar-refractivity contribution in [3.05, 3.63) is 17.8 Å². The van der Waals surface area contributed by atoms with Gasteiger partial charge in [0.1, 0.15) is 16.0 Å². The van der Waals surface area contributed by atoms with Gasteiger partial charge in [0.15, 0.2) is 5.13 Å². The molecule has 0 amide bonds. The number of hydrogen-bond donors (Lipinski definition) is 2. The molecule has 2 N–H and O–H groups in total. The molecule has 0 aliphatic carbocycles. The fraction of sp³-hybridized carbons (Fsp3) is 0.300. The zero-order valence-electron chi connectivity index (χ0n) is 8.89. The summed E-state index contributed by atoms with van der Waals surface area (Å²) in [7, 11) is 0. The van der Waals surface area contributed by atoms with Gasteiger partial charge in [0, 0.05) is 6.04 Å². The van der Waals surface area contributed by atoms with E-state index in [1.54, 1.807) is 6.07 Å². The van der Waals surface area contributed by atoms with E-state index >= 15 is 0 Å². The number of nitrogens with zero attached hydrogens (tertiary/aromatic N) is 2. The Balaban J connectivity index is 2.42. The van der Waals surface area contributed by atoms with Crippen LogP contribution in [0.1, 0.15) is 24.3 Å². The molecule has 0 spiro atoms. The molecule has 0 unspecified atom stereocenters. The fourth-order valence-corrected chi connectivity index (χ4v) is 2.23. The smallest absolute Gasteiger partial charge is 0.354 e. The van der Waals surface area contributed by atoms with E-state index in [4.69, 9.17) is 5.11 Å². The normalized spacial score (nSPS) is 10.9. The second-order valence-electron chi connectivity index (χ2n) is 3.64. The van der Waals surface area contributed by atoms with Crippen LogP contribution in [-0.4, -0.2) is 27.1 Å². The minimum atomic E-state index is -1.02. The Labute approximate surface area is 96.2 Å². The number of hydrogen-bond acceptors (Lipinski definition) is 5. The summed E-state index contributed by atoms with van der Waals surface area (Å²) >= 11 is 1.36. The molecule has 5 nitrogen and oxygen atoms in total. The highest BCUT2D eigenvalue weighted by atomic mass is 32.1. The van der Waals surface area contributed by atoms with Crippen LogP contribution >= 0.6 is 11.3 Å². The highest BCUT2D eigenvalue weighted by Gasteiger charge is 2.09. The summed E-state index contributed by atoms with van der Waals surface area (Å²) in [5, 5.41) is 12.7. The first kappa shape index (κ1) is 10.8. The summed E-state index contributed by atoms with van der Waals surface area (Å²) in [6, 6.07) is 3.43. The third-order valence-electron chi connectivity index (χ3n) is 1.89. The number of aromatic carboxylic acids is 1. The van der Waals surface area contributed by atoms with E-state index in [9.17, 15) is 4.79 Å². The van der Waals surface area contributed by atoms with Crippen molar-refractivity contribution in [3.63, 3.8) is 0 Å². The molecule has 84 valence electrons. The molecule has 16 heavy (non-hydrogen) atoms. The molecule has 0 bridgehead atoms. The summed E-state index contributed by atoms with van der Waals surface area (Å²) in [5.41, 5.74) is 0.769. The molecule has 0 aliphatic rings. The maximum atomic E-state index is 10.7. The Bertz CT molecular complexity index is 536. The number of pyridine rings is 1. The van der Waals surface area contributed by atoms with E-state index in [0.717, 1.165) is 10.6 Å². The molecule has 2 aromatic heterocycles. The van der Waals surface area contributed by atoms with Crippen LogP contribution in [-0.2, 0) is 0 Å². The lowest BCUT2D eigenvalue weighted by molar-refractivity contribution is 0.0691. The van der Waals surface area contributed by atoms with E-state index in [1.807, 2.05) is 13.8 Å². The molecule has 0 atom stereocenters. The van der Waals surface area contributed by atoms with Crippen LogP contribution in [0.3, 0.4) is 0 Å². The Hall–Kier alpha value is -1.69. The maximum absolute atomic E-state index is 10.7. The Morgan fingerprint density at radius 3 is 2.81 bits per heavy atom. The molecule has 2 heterocycles. The van der Waals surface area contributed by atoms with Crippen LogP contribution in [0, 0.1) is 0 Å². The molecular formula is C10H11N3O2S. The molecule has 0 radical (unpaired) electrons. The lowest BCUT2D eigenvalue weighted by Crippen LogP contribution is -2.08. The van der Waals surface area contributed by atoms with Crippen molar-refractivity contribution < 1.29 is 9.90 Å². The van der Waals surface area contributed by atoms with Gasteiger partial charge in [-0.15, -0.1) is 0 Å². The Kier molecular flexibility index (Phi) is 2.74. The molecule has 2 aromatic rings.